The molecule has 16 heavy (non-hydrogen) atoms. The zero-order chi connectivity index (χ0) is 11.6. The van der Waals surface area contributed by atoms with E-state index in [4.69, 9.17) is 0 Å². The molecule has 0 spiro atoms. The van der Waals surface area contributed by atoms with E-state index in [1.807, 2.05) is 12.2 Å². The molecule has 0 amide bonds. The van der Waals surface area contributed by atoms with Crippen LogP contribution in [0.2, 0.25) is 0 Å². The lowest BCUT2D eigenvalue weighted by atomic mass is 10.0. The van der Waals surface area contributed by atoms with Gasteiger partial charge in [-0.05, 0) is 24.8 Å². The molecule has 1 N–H and O–H groups in total. The Morgan fingerprint density at radius 3 is 2.50 bits per heavy atom. The van der Waals surface area contributed by atoms with Crippen LogP contribution >= 0.6 is 0 Å². The summed E-state index contributed by atoms with van der Waals surface area (Å²) < 4.78 is 0. The average Bonchev–Trinajstić information content (AvgIpc) is 2.34. The third-order valence-electron chi connectivity index (χ3n) is 2.63. The summed E-state index contributed by atoms with van der Waals surface area (Å²) in [6.07, 6.45) is 7.15. The Labute approximate surface area is 98.9 Å². The number of aryl methyl sites for hydroxylation is 1. The molecule has 0 saturated heterocycles. The highest BCUT2D eigenvalue weighted by molar-refractivity contribution is 5.14. The van der Waals surface area contributed by atoms with Crippen LogP contribution in [0.3, 0.4) is 0 Å². The molecule has 1 nitrogen and oxygen atoms in total. The summed E-state index contributed by atoms with van der Waals surface area (Å²) in [4.78, 5) is 0. The standard InChI is InChI=1S/C15H21N/c1-3-8-15(16-13-4-2)12-11-14-9-6-5-7-10-14/h3-7,9-10,15-16H,1-2,8,11-13H2/t15-/m0/s1. The average molecular weight is 215 g/mol. The van der Waals surface area contributed by atoms with Gasteiger partial charge < -0.3 is 5.32 Å². The van der Waals surface area contributed by atoms with Crippen LogP contribution in [0.5, 0.6) is 0 Å². The first-order chi connectivity index (χ1) is 7.86. The third-order valence-corrected chi connectivity index (χ3v) is 2.63. The van der Waals surface area contributed by atoms with Crippen molar-refractivity contribution in [2.75, 3.05) is 6.54 Å². The lowest BCUT2D eigenvalue weighted by molar-refractivity contribution is 0.509. The molecule has 0 radical (unpaired) electrons. The molecular formula is C15H21N. The van der Waals surface area contributed by atoms with Crippen LogP contribution in [0.15, 0.2) is 55.6 Å². The molecular weight excluding hydrogens is 194 g/mol. The number of nitrogens with one attached hydrogen (secondary N) is 1. The van der Waals surface area contributed by atoms with Gasteiger partial charge in [-0.3, -0.25) is 0 Å². The zero-order valence-corrected chi connectivity index (χ0v) is 9.86. The Kier molecular flexibility index (Phi) is 6.28. The first-order valence-corrected chi connectivity index (χ1v) is 5.86. The minimum Gasteiger partial charge on any atom is -0.310 e. The monoisotopic (exact) mass is 215 g/mol. The molecule has 86 valence electrons. The van der Waals surface area contributed by atoms with Gasteiger partial charge in [0.15, 0.2) is 0 Å². The van der Waals surface area contributed by atoms with Crippen LogP contribution in [0.1, 0.15) is 18.4 Å². The summed E-state index contributed by atoms with van der Waals surface area (Å²) in [6, 6.07) is 11.1. The molecule has 0 aromatic heterocycles. The predicted molar refractivity (Wildman–Crippen MR) is 71.6 cm³/mol. The van der Waals surface area contributed by atoms with Crippen LogP contribution in [-0.4, -0.2) is 12.6 Å². The Balaban J connectivity index is 2.36. The van der Waals surface area contributed by atoms with Crippen LogP contribution in [0.4, 0.5) is 0 Å². The number of hydrogen-bond donors (Lipinski definition) is 1. The molecule has 1 rings (SSSR count). The first-order valence-electron chi connectivity index (χ1n) is 5.86. The molecule has 0 bridgehead atoms. The van der Waals surface area contributed by atoms with Crippen molar-refractivity contribution < 1.29 is 0 Å². The van der Waals surface area contributed by atoms with E-state index in [0.717, 1.165) is 25.8 Å². The number of rotatable bonds is 8. The minimum atomic E-state index is 0.510. The molecule has 1 aromatic rings. The van der Waals surface area contributed by atoms with Gasteiger partial charge in [-0.25, -0.2) is 0 Å². The maximum Gasteiger partial charge on any atom is 0.0135 e. The first kappa shape index (κ1) is 12.7. The van der Waals surface area contributed by atoms with Gasteiger partial charge in [0.05, 0.1) is 0 Å². The van der Waals surface area contributed by atoms with Gasteiger partial charge in [0, 0.05) is 12.6 Å². The van der Waals surface area contributed by atoms with Crippen LogP contribution < -0.4 is 5.32 Å². The Morgan fingerprint density at radius 2 is 1.88 bits per heavy atom. The summed E-state index contributed by atoms with van der Waals surface area (Å²) >= 11 is 0. The fourth-order valence-electron chi connectivity index (χ4n) is 1.74. The molecule has 0 fully saturated rings. The van der Waals surface area contributed by atoms with Crippen molar-refractivity contribution in [3.05, 3.63) is 61.2 Å². The highest BCUT2D eigenvalue weighted by atomic mass is 14.9. The Hall–Kier alpha value is -1.34. The summed E-state index contributed by atoms with van der Waals surface area (Å²) in [5.74, 6) is 0. The van der Waals surface area contributed by atoms with Crippen molar-refractivity contribution >= 4 is 0 Å². The fraction of sp³-hybridized carbons (Fsp3) is 0.333. The van der Waals surface area contributed by atoms with Crippen molar-refractivity contribution in [1.82, 2.24) is 5.32 Å². The van der Waals surface area contributed by atoms with Crippen molar-refractivity contribution in [2.45, 2.75) is 25.3 Å². The predicted octanol–water partition coefficient (Wildman–Crippen LogP) is 3.34. The van der Waals surface area contributed by atoms with E-state index >= 15 is 0 Å². The smallest absolute Gasteiger partial charge is 0.0135 e. The maximum absolute atomic E-state index is 3.80. The van der Waals surface area contributed by atoms with Crippen LogP contribution in [-0.2, 0) is 6.42 Å². The second-order valence-electron chi connectivity index (χ2n) is 3.94. The molecule has 1 atom stereocenters. The van der Waals surface area contributed by atoms with Gasteiger partial charge in [0.2, 0.25) is 0 Å². The summed E-state index contributed by atoms with van der Waals surface area (Å²) in [6.45, 7) is 8.39. The molecule has 0 saturated carbocycles. The molecule has 0 aliphatic rings. The summed E-state index contributed by atoms with van der Waals surface area (Å²) in [5.41, 5.74) is 1.40. The largest absolute Gasteiger partial charge is 0.310 e. The normalized spacial score (nSPS) is 12.0. The van der Waals surface area contributed by atoms with E-state index in [0.29, 0.717) is 6.04 Å². The van der Waals surface area contributed by atoms with E-state index in [-0.39, 0.29) is 0 Å². The molecule has 1 heteroatoms. The third kappa shape index (κ3) is 4.94. The lowest BCUT2D eigenvalue weighted by Crippen LogP contribution is -2.29. The Bertz CT molecular complexity index is 302. The van der Waals surface area contributed by atoms with Crippen molar-refractivity contribution in [3.63, 3.8) is 0 Å². The second kappa shape index (κ2) is 7.89. The SMILES string of the molecule is C=CCN[C@@H](CC=C)CCc1ccccc1. The summed E-state index contributed by atoms with van der Waals surface area (Å²) in [7, 11) is 0. The highest BCUT2D eigenvalue weighted by Gasteiger charge is 2.04. The van der Waals surface area contributed by atoms with Gasteiger partial charge in [0.25, 0.3) is 0 Å². The zero-order valence-electron chi connectivity index (χ0n) is 9.86. The fourth-order valence-corrected chi connectivity index (χ4v) is 1.74. The van der Waals surface area contributed by atoms with E-state index in [1.165, 1.54) is 5.56 Å². The van der Waals surface area contributed by atoms with Gasteiger partial charge >= 0.3 is 0 Å². The maximum atomic E-state index is 3.80. The molecule has 0 unspecified atom stereocenters. The lowest BCUT2D eigenvalue weighted by Gasteiger charge is -2.15. The van der Waals surface area contributed by atoms with Crippen LogP contribution in [0, 0.1) is 0 Å². The van der Waals surface area contributed by atoms with E-state index in [1.54, 1.807) is 0 Å². The topological polar surface area (TPSA) is 12.0 Å². The molecule has 1 aromatic carbocycles. The highest BCUT2D eigenvalue weighted by Crippen LogP contribution is 2.07. The molecule has 0 heterocycles. The van der Waals surface area contributed by atoms with E-state index in [9.17, 15) is 0 Å². The minimum absolute atomic E-state index is 0.510. The van der Waals surface area contributed by atoms with Crippen molar-refractivity contribution in [1.29, 1.82) is 0 Å². The van der Waals surface area contributed by atoms with Crippen molar-refractivity contribution in [2.24, 2.45) is 0 Å². The second-order valence-corrected chi connectivity index (χ2v) is 3.94. The van der Waals surface area contributed by atoms with Crippen LogP contribution in [0.25, 0.3) is 0 Å². The number of benzene rings is 1. The van der Waals surface area contributed by atoms with E-state index in [2.05, 4.69) is 48.8 Å². The van der Waals surface area contributed by atoms with Gasteiger partial charge in [-0.15, -0.1) is 13.2 Å². The van der Waals surface area contributed by atoms with Crippen molar-refractivity contribution in [3.8, 4) is 0 Å². The molecule has 0 aliphatic carbocycles. The molecule has 0 aliphatic heterocycles. The summed E-state index contributed by atoms with van der Waals surface area (Å²) in [5, 5.41) is 3.45. The number of hydrogen-bond acceptors (Lipinski definition) is 1. The Morgan fingerprint density at radius 1 is 1.12 bits per heavy atom. The van der Waals surface area contributed by atoms with Gasteiger partial charge in [0.1, 0.15) is 0 Å². The van der Waals surface area contributed by atoms with E-state index < -0.39 is 0 Å². The van der Waals surface area contributed by atoms with Gasteiger partial charge in [-0.2, -0.15) is 0 Å². The quantitative estimate of drug-likeness (QED) is 0.656. The van der Waals surface area contributed by atoms with Gasteiger partial charge in [-0.1, -0.05) is 42.5 Å².